The number of aliphatic hydroxyl groups is 1. The van der Waals surface area contributed by atoms with Gasteiger partial charge < -0.3 is 14.8 Å². The Morgan fingerprint density at radius 1 is 1.36 bits per heavy atom. The van der Waals surface area contributed by atoms with Gasteiger partial charge in [0, 0.05) is 6.54 Å². The van der Waals surface area contributed by atoms with E-state index in [-0.39, 0.29) is 6.61 Å². The Morgan fingerprint density at radius 3 is 2.64 bits per heavy atom. The fourth-order valence-electron chi connectivity index (χ4n) is 2.52. The summed E-state index contributed by atoms with van der Waals surface area (Å²) in [5.41, 5.74) is 7.02. The molecule has 0 spiro atoms. The molecule has 0 radical (unpaired) electrons. The smallest absolute Gasteiger partial charge is 0.313 e. The van der Waals surface area contributed by atoms with E-state index in [2.05, 4.69) is 17.9 Å². The zero-order valence-electron chi connectivity index (χ0n) is 14.3. The molecule has 0 aromatic heterocycles. The summed E-state index contributed by atoms with van der Waals surface area (Å²) < 4.78 is 1.54. The number of nitrogens with zero attached hydrogens (tertiary/aromatic N) is 2. The van der Waals surface area contributed by atoms with Crippen molar-refractivity contribution in [1.82, 2.24) is 4.90 Å². The minimum Gasteiger partial charge on any atom is -0.388 e. The molecule has 1 heterocycles. The van der Waals surface area contributed by atoms with Crippen molar-refractivity contribution < 1.29 is 14.7 Å². The predicted molar refractivity (Wildman–Crippen MR) is 90.8 cm³/mol. The van der Waals surface area contributed by atoms with Gasteiger partial charge in [0.25, 0.3) is 0 Å². The number of allylic oxidation sites excluding steroid dienone is 2. The first-order chi connectivity index (χ1) is 10.6. The van der Waals surface area contributed by atoms with E-state index in [1.807, 2.05) is 19.1 Å². The monoisotopic (exact) mass is 310 g/mol. The summed E-state index contributed by atoms with van der Waals surface area (Å²) in [6.45, 7) is 7.10. The molecule has 1 unspecified atom stereocenters. The predicted octanol–water partition coefficient (Wildman–Crippen LogP) is 1.68. The van der Waals surface area contributed by atoms with Crippen molar-refractivity contribution in [2.75, 3.05) is 33.3 Å². The van der Waals surface area contributed by atoms with Gasteiger partial charge in [-0.2, -0.15) is 0 Å². The topological polar surface area (TPSA) is 61.7 Å². The number of nitrogens with two attached hydrogens (primary N) is 1. The molecule has 1 rings (SSSR count). The number of rotatable bonds is 8. The van der Waals surface area contributed by atoms with Gasteiger partial charge in [-0.3, -0.25) is 5.73 Å². The second-order valence-corrected chi connectivity index (χ2v) is 5.75. The van der Waals surface area contributed by atoms with E-state index in [1.54, 1.807) is 7.05 Å². The van der Waals surface area contributed by atoms with E-state index in [1.165, 1.54) is 24.0 Å². The van der Waals surface area contributed by atoms with E-state index in [4.69, 9.17) is 10.6 Å². The standard InChI is InChI=1S/C17H31N3O2/c1-4-6-10-15(5-2)17(18)19(3)22-14-16(21)13-20-11-8-7-9-12-20/h5-6,10,16,18,21H,4,7-9,11-14H2,1-3H3/p+1. The number of β-amino-alcohol motifs (C(OH)–C–C–N with tert-alkyl or cyclic N) is 1. The highest BCUT2D eigenvalue weighted by atomic mass is 16.7. The Morgan fingerprint density at radius 2 is 2.05 bits per heavy atom. The molecule has 1 atom stereocenters. The molecule has 1 aliphatic rings. The first kappa shape index (κ1) is 18.7. The summed E-state index contributed by atoms with van der Waals surface area (Å²) in [6.07, 6.45) is 10.2. The molecule has 0 saturated carbocycles. The minimum absolute atomic E-state index is 0.252. The van der Waals surface area contributed by atoms with Crippen LogP contribution in [0.25, 0.3) is 0 Å². The van der Waals surface area contributed by atoms with Crippen LogP contribution in [0.4, 0.5) is 0 Å². The number of hydrogen-bond acceptors (Lipinski definition) is 3. The highest BCUT2D eigenvalue weighted by molar-refractivity contribution is 5.95. The maximum absolute atomic E-state index is 10.1. The van der Waals surface area contributed by atoms with E-state index in [0.717, 1.165) is 25.1 Å². The Hall–Kier alpha value is -1.33. The highest BCUT2D eigenvalue weighted by Crippen LogP contribution is 2.09. The van der Waals surface area contributed by atoms with Crippen LogP contribution in [0.3, 0.4) is 0 Å². The normalized spacial score (nSPS) is 20.1. The largest absolute Gasteiger partial charge is 0.388 e. The van der Waals surface area contributed by atoms with Crippen molar-refractivity contribution >= 4 is 5.84 Å². The van der Waals surface area contributed by atoms with Crippen molar-refractivity contribution in [3.63, 3.8) is 0 Å². The second kappa shape index (κ2) is 10.4. The van der Waals surface area contributed by atoms with Crippen LogP contribution < -0.4 is 5.73 Å². The third-order valence-corrected chi connectivity index (χ3v) is 3.86. The van der Waals surface area contributed by atoms with E-state index < -0.39 is 6.10 Å². The van der Waals surface area contributed by atoms with Gasteiger partial charge >= 0.3 is 5.84 Å². The summed E-state index contributed by atoms with van der Waals surface area (Å²) >= 11 is 0. The van der Waals surface area contributed by atoms with Gasteiger partial charge in [0.2, 0.25) is 0 Å². The number of amidine groups is 1. The minimum atomic E-state index is -0.492. The van der Waals surface area contributed by atoms with Crippen molar-refractivity contribution in [2.45, 2.75) is 45.6 Å². The highest BCUT2D eigenvalue weighted by Gasteiger charge is 2.17. The van der Waals surface area contributed by atoms with Crippen LogP contribution >= 0.6 is 0 Å². The van der Waals surface area contributed by atoms with Crippen LogP contribution in [0.1, 0.15) is 39.5 Å². The van der Waals surface area contributed by atoms with Crippen molar-refractivity contribution in [2.24, 2.45) is 5.73 Å². The summed E-state index contributed by atoms with van der Waals surface area (Å²) in [6, 6.07) is 0. The molecule has 3 N–H and O–H groups in total. The van der Waals surface area contributed by atoms with Gasteiger partial charge in [0.1, 0.15) is 13.2 Å². The molecular formula is C17H32N3O2+. The summed E-state index contributed by atoms with van der Waals surface area (Å²) in [5.74, 6) is 0.553. The molecule has 1 aliphatic heterocycles. The lowest BCUT2D eigenvalue weighted by Gasteiger charge is -2.28. The van der Waals surface area contributed by atoms with Crippen LogP contribution in [0.5, 0.6) is 0 Å². The van der Waals surface area contributed by atoms with Gasteiger partial charge in [-0.25, -0.2) is 0 Å². The number of piperidine rings is 1. The first-order valence-electron chi connectivity index (χ1n) is 8.31. The zero-order valence-corrected chi connectivity index (χ0v) is 14.3. The molecule has 1 fully saturated rings. The van der Waals surface area contributed by atoms with E-state index in [9.17, 15) is 5.11 Å². The van der Waals surface area contributed by atoms with Gasteiger partial charge in [-0.05, 0) is 39.3 Å². The molecule has 0 aliphatic carbocycles. The van der Waals surface area contributed by atoms with Crippen molar-refractivity contribution in [1.29, 1.82) is 0 Å². The molecule has 1 saturated heterocycles. The quantitative estimate of drug-likeness (QED) is 0.235. The average molecular weight is 310 g/mol. The third kappa shape index (κ3) is 6.62. The lowest BCUT2D eigenvalue weighted by Crippen LogP contribution is -2.39. The van der Waals surface area contributed by atoms with Gasteiger partial charge in [0.15, 0.2) is 6.61 Å². The Bertz CT molecular complexity index is 410. The lowest BCUT2D eigenvalue weighted by atomic mass is 10.1. The number of hydroxylamine groups is 1. The van der Waals surface area contributed by atoms with Gasteiger partial charge in [-0.15, -0.1) is 0 Å². The summed E-state index contributed by atoms with van der Waals surface area (Å²) in [7, 11) is 1.77. The summed E-state index contributed by atoms with van der Waals surface area (Å²) in [4.78, 5) is 7.89. The lowest BCUT2D eigenvalue weighted by molar-refractivity contribution is -0.770. The van der Waals surface area contributed by atoms with Crippen molar-refractivity contribution in [3.05, 3.63) is 23.8 Å². The van der Waals surface area contributed by atoms with Gasteiger partial charge in [0.05, 0.1) is 5.57 Å². The molecular weight excluding hydrogens is 278 g/mol. The maximum Gasteiger partial charge on any atom is 0.313 e. The second-order valence-electron chi connectivity index (χ2n) is 5.75. The molecule has 126 valence electrons. The van der Waals surface area contributed by atoms with Crippen molar-refractivity contribution in [3.8, 4) is 0 Å². The van der Waals surface area contributed by atoms with Crippen LogP contribution in [0.15, 0.2) is 23.8 Å². The maximum atomic E-state index is 10.1. The average Bonchev–Trinajstić information content (AvgIpc) is 2.54. The van der Waals surface area contributed by atoms with Crippen LogP contribution in [-0.2, 0) is 4.84 Å². The van der Waals surface area contributed by atoms with Crippen LogP contribution in [0.2, 0.25) is 0 Å². The zero-order chi connectivity index (χ0) is 16.4. The van der Waals surface area contributed by atoms with E-state index >= 15 is 0 Å². The van der Waals surface area contributed by atoms with E-state index in [0.29, 0.717) is 12.4 Å². The molecule has 0 bridgehead atoms. The van der Waals surface area contributed by atoms with Crippen LogP contribution in [-0.4, -0.2) is 60.0 Å². The molecule has 5 nitrogen and oxygen atoms in total. The fraction of sp³-hybridized carbons (Fsp3) is 0.706. The molecule has 0 amide bonds. The Kier molecular flexibility index (Phi) is 8.85. The SMILES string of the molecule is CC=C(C=CCC)C(N)=[N+](C)OCC(O)CN1CCCCC1. The molecule has 0 aromatic carbocycles. The first-order valence-corrected chi connectivity index (χ1v) is 8.31. The number of likely N-dealkylation sites (tertiary alicyclic amines) is 1. The Labute approximate surface area is 134 Å². The van der Waals surface area contributed by atoms with Gasteiger partial charge in [-0.1, -0.05) is 36.3 Å². The van der Waals surface area contributed by atoms with Crippen LogP contribution in [0, 0.1) is 0 Å². The number of hydrogen-bond donors (Lipinski definition) is 2. The molecule has 0 aromatic rings. The number of aliphatic hydroxyl groups excluding tert-OH is 1. The molecule has 5 heteroatoms. The fourth-order valence-corrected chi connectivity index (χ4v) is 2.52. The molecule has 22 heavy (non-hydrogen) atoms. The summed E-state index contributed by atoms with van der Waals surface area (Å²) in [5, 5.41) is 10.1. The Balaban J connectivity index is 2.46. The third-order valence-electron chi connectivity index (χ3n) is 3.86.